The normalized spacial score (nSPS) is 11.8. The zero-order chi connectivity index (χ0) is 34.2. The molecule has 0 aliphatic carbocycles. The van der Waals surface area contributed by atoms with Gasteiger partial charge >= 0.3 is 0 Å². The van der Waals surface area contributed by atoms with Crippen LogP contribution in [0.5, 0.6) is 0 Å². The molecule has 0 N–H and O–H groups in total. The van der Waals surface area contributed by atoms with Gasteiger partial charge in [0.1, 0.15) is 5.69 Å². The Bertz CT molecular complexity index is 3160. The van der Waals surface area contributed by atoms with Gasteiger partial charge in [0.15, 0.2) is 5.82 Å². The van der Waals surface area contributed by atoms with Crippen LogP contribution in [-0.2, 0) is 0 Å². The molecule has 11 rings (SSSR count). The molecule has 0 bridgehead atoms. The second-order valence-corrected chi connectivity index (χ2v) is 13.4. The van der Waals surface area contributed by atoms with E-state index in [4.69, 9.17) is 9.97 Å². The summed E-state index contributed by atoms with van der Waals surface area (Å²) < 4.78 is 4.77. The molecule has 11 aromatic rings. The molecule has 0 unspecified atom stereocenters. The first-order chi connectivity index (χ1) is 25.8. The molecular formula is C48H30N4. The molecule has 0 saturated carbocycles. The summed E-state index contributed by atoms with van der Waals surface area (Å²) in [7, 11) is 0. The highest BCUT2D eigenvalue weighted by Crippen LogP contribution is 2.44. The summed E-state index contributed by atoms with van der Waals surface area (Å²) in [6.45, 7) is 0. The molecule has 0 atom stereocenters. The predicted molar refractivity (Wildman–Crippen MR) is 217 cm³/mol. The van der Waals surface area contributed by atoms with Crippen molar-refractivity contribution in [1.82, 2.24) is 19.1 Å². The zero-order valence-corrected chi connectivity index (χ0v) is 28.1. The van der Waals surface area contributed by atoms with Gasteiger partial charge in [-0.3, -0.25) is 4.57 Å². The van der Waals surface area contributed by atoms with E-state index in [1.807, 2.05) is 18.2 Å². The highest BCUT2D eigenvalue weighted by Gasteiger charge is 2.23. The Labute approximate surface area is 299 Å². The van der Waals surface area contributed by atoms with Crippen molar-refractivity contribution in [3.8, 4) is 33.9 Å². The molecule has 0 saturated heterocycles. The lowest BCUT2D eigenvalue weighted by Gasteiger charge is -2.14. The number of rotatable bonds is 4. The van der Waals surface area contributed by atoms with Crippen LogP contribution in [-0.4, -0.2) is 19.1 Å². The third-order valence-electron chi connectivity index (χ3n) is 10.5. The van der Waals surface area contributed by atoms with Crippen LogP contribution in [0.1, 0.15) is 0 Å². The molecule has 0 fully saturated rings. The molecule has 242 valence electrons. The zero-order valence-electron chi connectivity index (χ0n) is 28.1. The van der Waals surface area contributed by atoms with Crippen molar-refractivity contribution in [3.63, 3.8) is 0 Å². The minimum Gasteiger partial charge on any atom is -0.309 e. The lowest BCUT2D eigenvalue weighted by molar-refractivity contribution is 1.08. The monoisotopic (exact) mass is 662 g/mol. The summed E-state index contributed by atoms with van der Waals surface area (Å²) in [5, 5.41) is 7.30. The SMILES string of the molecule is c1ccc(-c2ccc(-c3nc4ccccc4nc3-n3c4ccccc4c4c5c6ccccc6n(-c6cccc7ccccc67)c5ccc43)cc2)cc1. The first-order valence-electron chi connectivity index (χ1n) is 17.7. The van der Waals surface area contributed by atoms with E-state index in [0.717, 1.165) is 39.1 Å². The van der Waals surface area contributed by atoms with Crippen LogP contribution in [0.3, 0.4) is 0 Å². The van der Waals surface area contributed by atoms with Gasteiger partial charge in [-0.05, 0) is 59.0 Å². The van der Waals surface area contributed by atoms with Crippen molar-refractivity contribution in [1.29, 1.82) is 0 Å². The highest BCUT2D eigenvalue weighted by molar-refractivity contribution is 6.29. The Hall–Kier alpha value is -7.04. The molecule has 52 heavy (non-hydrogen) atoms. The maximum absolute atomic E-state index is 5.40. The third kappa shape index (κ3) is 4.21. The summed E-state index contributed by atoms with van der Waals surface area (Å²) in [6, 6.07) is 64.7. The van der Waals surface area contributed by atoms with E-state index >= 15 is 0 Å². The molecule has 0 radical (unpaired) electrons. The van der Waals surface area contributed by atoms with Crippen LogP contribution in [0.2, 0.25) is 0 Å². The molecule has 8 aromatic carbocycles. The molecular weight excluding hydrogens is 633 g/mol. The number of hydrogen-bond donors (Lipinski definition) is 0. The molecule has 3 heterocycles. The Kier molecular flexibility index (Phi) is 6.22. The van der Waals surface area contributed by atoms with Gasteiger partial charge in [0.05, 0.1) is 38.8 Å². The average Bonchev–Trinajstić information content (AvgIpc) is 3.73. The first kappa shape index (κ1) is 28.8. The van der Waals surface area contributed by atoms with E-state index in [1.54, 1.807) is 0 Å². The van der Waals surface area contributed by atoms with Gasteiger partial charge in [0.25, 0.3) is 0 Å². The van der Waals surface area contributed by atoms with Crippen molar-refractivity contribution in [2.45, 2.75) is 0 Å². The molecule has 0 aliphatic heterocycles. The van der Waals surface area contributed by atoms with E-state index in [-0.39, 0.29) is 0 Å². The van der Waals surface area contributed by atoms with E-state index in [9.17, 15) is 0 Å². The van der Waals surface area contributed by atoms with Crippen LogP contribution in [0.25, 0.3) is 99.3 Å². The quantitative estimate of drug-likeness (QED) is 0.188. The number of para-hydroxylation sites is 4. The van der Waals surface area contributed by atoms with Gasteiger partial charge in [-0.25, -0.2) is 9.97 Å². The molecule has 0 spiro atoms. The predicted octanol–water partition coefficient (Wildman–Crippen LogP) is 12.3. The Morgan fingerprint density at radius 1 is 0.327 bits per heavy atom. The molecule has 4 heteroatoms. The van der Waals surface area contributed by atoms with Crippen molar-refractivity contribution >= 4 is 65.4 Å². The van der Waals surface area contributed by atoms with Crippen LogP contribution in [0.15, 0.2) is 182 Å². The Morgan fingerprint density at radius 3 is 1.58 bits per heavy atom. The topological polar surface area (TPSA) is 35.6 Å². The third-order valence-corrected chi connectivity index (χ3v) is 10.5. The van der Waals surface area contributed by atoms with Crippen LogP contribution < -0.4 is 0 Å². The standard InChI is InChI=1S/C48H30N4/c1-2-13-31(14-3-1)32-25-27-34(28-26-32)47-48(50-39-21-9-8-20-38(39)49-47)52-42-23-11-7-19-37(42)46-44(52)30-29-43-45(46)36-18-6-10-22-41(36)51(43)40-24-12-16-33-15-4-5-17-35(33)40/h1-30H. The van der Waals surface area contributed by atoms with Crippen LogP contribution >= 0.6 is 0 Å². The number of aromatic nitrogens is 4. The number of hydrogen-bond acceptors (Lipinski definition) is 2. The molecule has 0 amide bonds. The van der Waals surface area contributed by atoms with E-state index in [2.05, 4.69) is 173 Å². The van der Waals surface area contributed by atoms with Crippen LogP contribution in [0, 0.1) is 0 Å². The van der Waals surface area contributed by atoms with Gasteiger partial charge in [-0.1, -0.05) is 140 Å². The van der Waals surface area contributed by atoms with E-state index in [0.29, 0.717) is 0 Å². The second-order valence-electron chi connectivity index (χ2n) is 13.4. The molecule has 4 nitrogen and oxygen atoms in total. The number of benzene rings is 8. The number of nitrogens with zero attached hydrogens (tertiary/aromatic N) is 4. The van der Waals surface area contributed by atoms with Gasteiger partial charge in [-0.2, -0.15) is 0 Å². The minimum atomic E-state index is 0.814. The maximum atomic E-state index is 5.40. The fourth-order valence-electron chi connectivity index (χ4n) is 8.20. The average molecular weight is 663 g/mol. The molecule has 3 aromatic heterocycles. The van der Waals surface area contributed by atoms with Crippen molar-refractivity contribution < 1.29 is 0 Å². The van der Waals surface area contributed by atoms with Crippen molar-refractivity contribution in [2.75, 3.05) is 0 Å². The largest absolute Gasteiger partial charge is 0.309 e. The fraction of sp³-hybridized carbons (Fsp3) is 0. The fourth-order valence-corrected chi connectivity index (χ4v) is 8.20. The minimum absolute atomic E-state index is 0.814. The number of fused-ring (bicyclic) bond motifs is 9. The first-order valence-corrected chi connectivity index (χ1v) is 17.7. The summed E-state index contributed by atoms with van der Waals surface area (Å²) in [5.41, 5.74) is 11.7. The summed E-state index contributed by atoms with van der Waals surface area (Å²) in [6.07, 6.45) is 0. The Morgan fingerprint density at radius 2 is 0.846 bits per heavy atom. The lowest BCUT2D eigenvalue weighted by Crippen LogP contribution is -2.03. The van der Waals surface area contributed by atoms with Crippen LogP contribution in [0.4, 0.5) is 0 Å². The van der Waals surface area contributed by atoms with Gasteiger partial charge in [-0.15, -0.1) is 0 Å². The summed E-state index contributed by atoms with van der Waals surface area (Å²) >= 11 is 0. The van der Waals surface area contributed by atoms with Gasteiger partial charge < -0.3 is 4.57 Å². The smallest absolute Gasteiger partial charge is 0.165 e. The summed E-state index contributed by atoms with van der Waals surface area (Å²) in [5.74, 6) is 0.814. The van der Waals surface area contributed by atoms with E-state index < -0.39 is 0 Å². The van der Waals surface area contributed by atoms with Gasteiger partial charge in [0.2, 0.25) is 0 Å². The van der Waals surface area contributed by atoms with Gasteiger partial charge in [0, 0.05) is 32.5 Å². The Balaban J connectivity index is 1.23. The maximum Gasteiger partial charge on any atom is 0.165 e. The second kappa shape index (κ2) is 11.2. The molecule has 0 aliphatic rings. The lowest BCUT2D eigenvalue weighted by atomic mass is 10.0. The van der Waals surface area contributed by atoms with E-state index in [1.165, 1.54) is 60.2 Å². The van der Waals surface area contributed by atoms with Crippen molar-refractivity contribution in [3.05, 3.63) is 182 Å². The van der Waals surface area contributed by atoms with Crippen molar-refractivity contribution in [2.24, 2.45) is 0 Å². The summed E-state index contributed by atoms with van der Waals surface area (Å²) in [4.78, 5) is 10.7. The highest BCUT2D eigenvalue weighted by atomic mass is 15.1.